The summed E-state index contributed by atoms with van der Waals surface area (Å²) in [6.45, 7) is 10.7. The number of ether oxygens (including phenoxy) is 1. The molecule has 1 aromatic rings. The van der Waals surface area contributed by atoms with Crippen LogP contribution in [0.25, 0.3) is 0 Å². The molecule has 1 rings (SSSR count). The fourth-order valence-corrected chi connectivity index (χ4v) is 3.69. The Bertz CT molecular complexity index is 980. The average molecular weight is 502 g/mol. The zero-order valence-corrected chi connectivity index (χ0v) is 22.1. The zero-order valence-electron chi connectivity index (χ0n) is 22.1. The van der Waals surface area contributed by atoms with Crippen LogP contribution < -0.4 is 16.4 Å². The van der Waals surface area contributed by atoms with Crippen molar-refractivity contribution in [3.8, 4) is 6.07 Å². The molecule has 4 amide bonds. The Labute approximate surface area is 213 Å². The molecule has 10 nitrogen and oxygen atoms in total. The molecule has 4 N–H and O–H groups in total. The van der Waals surface area contributed by atoms with E-state index in [2.05, 4.69) is 10.6 Å². The third kappa shape index (κ3) is 9.94. The van der Waals surface area contributed by atoms with Crippen LogP contribution in [0.5, 0.6) is 0 Å². The zero-order chi connectivity index (χ0) is 27.5. The predicted octanol–water partition coefficient (Wildman–Crippen LogP) is 2.77. The Morgan fingerprint density at radius 1 is 1.17 bits per heavy atom. The largest absolute Gasteiger partial charge is 0.444 e. The van der Waals surface area contributed by atoms with Gasteiger partial charge in [0.15, 0.2) is 0 Å². The molecule has 0 aliphatic carbocycles. The van der Waals surface area contributed by atoms with Crippen molar-refractivity contribution < 1.29 is 23.9 Å². The first kappa shape index (κ1) is 30.4. The van der Waals surface area contributed by atoms with Gasteiger partial charge in [-0.3, -0.25) is 14.4 Å². The van der Waals surface area contributed by atoms with E-state index in [1.54, 1.807) is 26.8 Å². The summed E-state index contributed by atoms with van der Waals surface area (Å²) in [7, 11) is 0. The quantitative estimate of drug-likeness (QED) is 0.295. The van der Waals surface area contributed by atoms with Gasteiger partial charge in [0.2, 0.25) is 17.7 Å². The molecule has 0 heterocycles. The fraction of sp³-hybridized carbons (Fsp3) is 0.577. The highest BCUT2D eigenvalue weighted by Crippen LogP contribution is 2.26. The lowest BCUT2D eigenvalue weighted by atomic mass is 9.96. The van der Waals surface area contributed by atoms with Gasteiger partial charge in [-0.1, -0.05) is 43.5 Å². The molecule has 0 saturated heterocycles. The topological polar surface area (TPSA) is 155 Å². The first-order valence-electron chi connectivity index (χ1n) is 12.1. The second kappa shape index (κ2) is 14.1. The molecule has 0 aliphatic rings. The van der Waals surface area contributed by atoms with E-state index in [9.17, 15) is 24.4 Å². The highest BCUT2D eigenvalue weighted by molar-refractivity contribution is 5.94. The Kier molecular flexibility index (Phi) is 11.9. The molecule has 0 bridgehead atoms. The number of hydrogen-bond acceptors (Lipinski definition) is 6. The smallest absolute Gasteiger partial charge is 0.408 e. The van der Waals surface area contributed by atoms with Gasteiger partial charge in [-0.05, 0) is 52.2 Å². The SMILES string of the molecule is CCCCCNC(=O)C(c1ccc(C)cc1C)N(CC#N)C(=O)C(CC(N)=O)NC(=O)OC(C)(C)C. The maximum Gasteiger partial charge on any atom is 0.408 e. The lowest BCUT2D eigenvalue weighted by molar-refractivity contribution is -0.142. The van der Waals surface area contributed by atoms with Gasteiger partial charge < -0.3 is 26.0 Å². The van der Waals surface area contributed by atoms with E-state index < -0.39 is 54.5 Å². The molecule has 198 valence electrons. The number of hydrogen-bond donors (Lipinski definition) is 3. The molecule has 0 spiro atoms. The van der Waals surface area contributed by atoms with Crippen LogP contribution in [0.3, 0.4) is 0 Å². The minimum absolute atomic E-state index is 0.406. The number of unbranched alkanes of at least 4 members (excludes halogenated alkanes) is 2. The van der Waals surface area contributed by atoms with Gasteiger partial charge in [0.25, 0.3) is 0 Å². The van der Waals surface area contributed by atoms with Crippen LogP contribution >= 0.6 is 0 Å². The summed E-state index contributed by atoms with van der Waals surface area (Å²) in [4.78, 5) is 52.3. The molecule has 10 heteroatoms. The number of nitrogens with two attached hydrogens (primary N) is 1. The predicted molar refractivity (Wildman–Crippen MR) is 135 cm³/mol. The third-order valence-corrected chi connectivity index (χ3v) is 5.28. The number of primary amides is 1. The van der Waals surface area contributed by atoms with Crippen LogP contribution in [0, 0.1) is 25.2 Å². The second-order valence-electron chi connectivity index (χ2n) is 9.75. The lowest BCUT2D eigenvalue weighted by Gasteiger charge is -2.33. The van der Waals surface area contributed by atoms with Gasteiger partial charge in [0.05, 0.1) is 12.5 Å². The highest BCUT2D eigenvalue weighted by Gasteiger charge is 2.37. The number of aryl methyl sites for hydroxylation is 2. The number of carbonyl (C=O) groups excluding carboxylic acids is 4. The standard InChI is InChI=1S/C26H39N5O5/c1-7-8-9-13-29-23(33)22(19-11-10-17(2)15-18(19)3)31(14-12-27)24(34)20(16-21(28)32)30-25(35)36-26(4,5)6/h10-11,15,20,22H,7-9,13-14,16H2,1-6H3,(H2,28,32)(H,29,33)(H,30,35). The van der Waals surface area contributed by atoms with Gasteiger partial charge in [-0.15, -0.1) is 0 Å². The third-order valence-electron chi connectivity index (χ3n) is 5.28. The first-order chi connectivity index (χ1) is 16.8. The van der Waals surface area contributed by atoms with Crippen molar-refractivity contribution in [3.05, 3.63) is 34.9 Å². The van der Waals surface area contributed by atoms with Gasteiger partial charge in [-0.25, -0.2) is 4.79 Å². The highest BCUT2D eigenvalue weighted by atomic mass is 16.6. The molecule has 0 saturated carbocycles. The molecule has 1 aromatic carbocycles. The molecule has 0 aromatic heterocycles. The van der Waals surface area contributed by atoms with E-state index in [4.69, 9.17) is 10.5 Å². The van der Waals surface area contributed by atoms with E-state index in [0.717, 1.165) is 35.3 Å². The maximum absolute atomic E-state index is 13.7. The van der Waals surface area contributed by atoms with Crippen molar-refractivity contribution in [1.82, 2.24) is 15.5 Å². The van der Waals surface area contributed by atoms with Gasteiger partial charge in [0, 0.05) is 6.54 Å². The van der Waals surface area contributed by atoms with Crippen molar-refractivity contribution in [2.75, 3.05) is 13.1 Å². The van der Waals surface area contributed by atoms with Crippen molar-refractivity contribution in [1.29, 1.82) is 5.26 Å². The Morgan fingerprint density at radius 3 is 2.36 bits per heavy atom. The summed E-state index contributed by atoms with van der Waals surface area (Å²) >= 11 is 0. The summed E-state index contributed by atoms with van der Waals surface area (Å²) in [6, 6.07) is 4.77. The number of benzene rings is 1. The molecule has 0 fully saturated rings. The summed E-state index contributed by atoms with van der Waals surface area (Å²) in [5.74, 6) is -2.10. The van der Waals surface area contributed by atoms with E-state index in [1.807, 2.05) is 39.0 Å². The molecule has 0 aliphatic heterocycles. The summed E-state index contributed by atoms with van der Waals surface area (Å²) in [5.41, 5.74) is 6.75. The monoisotopic (exact) mass is 501 g/mol. The summed E-state index contributed by atoms with van der Waals surface area (Å²) in [5, 5.41) is 14.8. The number of rotatable bonds is 12. The number of nitrogens with zero attached hydrogens (tertiary/aromatic N) is 2. The normalized spacial score (nSPS) is 12.6. The maximum atomic E-state index is 13.7. The van der Waals surface area contributed by atoms with Crippen molar-refractivity contribution in [3.63, 3.8) is 0 Å². The van der Waals surface area contributed by atoms with Crippen LogP contribution in [0.4, 0.5) is 4.79 Å². The second-order valence-corrected chi connectivity index (χ2v) is 9.75. The Hall–Kier alpha value is -3.61. The number of nitriles is 1. The molecular formula is C26H39N5O5. The van der Waals surface area contributed by atoms with E-state index in [0.29, 0.717) is 12.1 Å². The van der Waals surface area contributed by atoms with E-state index in [1.165, 1.54) is 0 Å². The molecular weight excluding hydrogens is 462 g/mol. The minimum Gasteiger partial charge on any atom is -0.444 e. The fourth-order valence-electron chi connectivity index (χ4n) is 3.69. The Morgan fingerprint density at radius 2 is 1.83 bits per heavy atom. The first-order valence-corrected chi connectivity index (χ1v) is 12.1. The average Bonchev–Trinajstić information content (AvgIpc) is 2.75. The van der Waals surface area contributed by atoms with Crippen LogP contribution in [-0.2, 0) is 19.1 Å². The summed E-state index contributed by atoms with van der Waals surface area (Å²) in [6.07, 6.45) is 1.21. The van der Waals surface area contributed by atoms with Crippen molar-refractivity contribution >= 4 is 23.8 Å². The number of carbonyl (C=O) groups is 4. The molecule has 36 heavy (non-hydrogen) atoms. The van der Waals surface area contributed by atoms with Crippen LogP contribution in [0.15, 0.2) is 18.2 Å². The van der Waals surface area contributed by atoms with Gasteiger partial charge in [-0.2, -0.15) is 5.26 Å². The minimum atomic E-state index is -1.42. The van der Waals surface area contributed by atoms with E-state index >= 15 is 0 Å². The van der Waals surface area contributed by atoms with Crippen LogP contribution in [0.1, 0.15) is 76.1 Å². The van der Waals surface area contributed by atoms with Crippen LogP contribution in [-0.4, -0.2) is 53.4 Å². The van der Waals surface area contributed by atoms with Crippen molar-refractivity contribution in [2.24, 2.45) is 5.73 Å². The Balaban J connectivity index is 3.45. The number of alkyl carbamates (subject to hydrolysis) is 1. The molecule has 2 unspecified atom stereocenters. The molecule has 2 atom stereocenters. The summed E-state index contributed by atoms with van der Waals surface area (Å²) < 4.78 is 5.22. The number of nitrogens with one attached hydrogen (secondary N) is 2. The van der Waals surface area contributed by atoms with Crippen LogP contribution in [0.2, 0.25) is 0 Å². The van der Waals surface area contributed by atoms with E-state index in [-0.39, 0.29) is 0 Å². The molecule has 0 radical (unpaired) electrons. The van der Waals surface area contributed by atoms with Gasteiger partial charge in [0.1, 0.15) is 24.2 Å². The van der Waals surface area contributed by atoms with Crippen molar-refractivity contribution in [2.45, 2.75) is 84.9 Å². The van der Waals surface area contributed by atoms with Gasteiger partial charge >= 0.3 is 6.09 Å². The lowest BCUT2D eigenvalue weighted by Crippen LogP contribution is -2.54. The number of amides is 4.